The SMILES string of the molecule is Cc1ccc(C(=O)N2C[C@H](c3ccccc3)C[C@@H]2C)cc1. The normalized spacial score (nSPS) is 21.5. The van der Waals surface area contributed by atoms with E-state index in [4.69, 9.17) is 0 Å². The number of nitrogens with zero attached hydrogens (tertiary/aromatic N) is 1. The van der Waals surface area contributed by atoms with Crippen LogP contribution in [0.15, 0.2) is 54.6 Å². The molecule has 1 amide bonds. The second-order valence-corrected chi connectivity index (χ2v) is 6.02. The number of benzene rings is 2. The lowest BCUT2D eigenvalue weighted by molar-refractivity contribution is 0.0746. The number of hydrogen-bond acceptors (Lipinski definition) is 1. The largest absolute Gasteiger partial charge is 0.335 e. The summed E-state index contributed by atoms with van der Waals surface area (Å²) in [5.74, 6) is 0.608. The van der Waals surface area contributed by atoms with Crippen LogP contribution >= 0.6 is 0 Å². The van der Waals surface area contributed by atoms with Gasteiger partial charge >= 0.3 is 0 Å². The third-order valence-electron chi connectivity index (χ3n) is 4.41. The first kappa shape index (κ1) is 13.9. The van der Waals surface area contributed by atoms with Crippen molar-refractivity contribution in [1.82, 2.24) is 4.90 Å². The fourth-order valence-corrected chi connectivity index (χ4v) is 3.14. The van der Waals surface area contributed by atoms with Gasteiger partial charge in [0.1, 0.15) is 0 Å². The van der Waals surface area contributed by atoms with Crippen LogP contribution in [-0.2, 0) is 0 Å². The molecule has 0 bridgehead atoms. The first-order chi connectivity index (χ1) is 10.1. The van der Waals surface area contributed by atoms with Crippen molar-refractivity contribution in [2.24, 2.45) is 0 Å². The topological polar surface area (TPSA) is 20.3 Å². The predicted octanol–water partition coefficient (Wildman–Crippen LogP) is 4.01. The van der Waals surface area contributed by atoms with Crippen molar-refractivity contribution in [3.05, 3.63) is 71.3 Å². The summed E-state index contributed by atoms with van der Waals surface area (Å²) in [6, 6.07) is 18.7. The molecular weight excluding hydrogens is 258 g/mol. The van der Waals surface area contributed by atoms with Crippen LogP contribution in [0.25, 0.3) is 0 Å². The number of likely N-dealkylation sites (tertiary alicyclic amines) is 1. The van der Waals surface area contributed by atoms with Crippen LogP contribution in [0.2, 0.25) is 0 Å². The minimum atomic E-state index is 0.154. The highest BCUT2D eigenvalue weighted by molar-refractivity contribution is 5.94. The maximum atomic E-state index is 12.7. The summed E-state index contributed by atoms with van der Waals surface area (Å²) in [5, 5.41) is 0. The molecule has 3 rings (SSSR count). The lowest BCUT2D eigenvalue weighted by atomic mass is 9.97. The van der Waals surface area contributed by atoms with Crippen molar-refractivity contribution in [1.29, 1.82) is 0 Å². The smallest absolute Gasteiger partial charge is 0.254 e. The third kappa shape index (κ3) is 2.85. The van der Waals surface area contributed by atoms with E-state index in [-0.39, 0.29) is 5.91 Å². The van der Waals surface area contributed by atoms with Crippen LogP contribution < -0.4 is 0 Å². The minimum Gasteiger partial charge on any atom is -0.335 e. The van der Waals surface area contributed by atoms with E-state index in [1.54, 1.807) is 0 Å². The fourth-order valence-electron chi connectivity index (χ4n) is 3.14. The Hall–Kier alpha value is -2.09. The highest BCUT2D eigenvalue weighted by atomic mass is 16.2. The Balaban J connectivity index is 1.77. The van der Waals surface area contributed by atoms with Gasteiger partial charge in [-0.15, -0.1) is 0 Å². The number of amides is 1. The van der Waals surface area contributed by atoms with Crippen LogP contribution in [0.3, 0.4) is 0 Å². The minimum absolute atomic E-state index is 0.154. The lowest BCUT2D eigenvalue weighted by Gasteiger charge is -2.21. The van der Waals surface area contributed by atoms with Gasteiger partial charge in [-0.1, -0.05) is 48.0 Å². The van der Waals surface area contributed by atoms with Crippen LogP contribution in [0.5, 0.6) is 0 Å². The summed E-state index contributed by atoms with van der Waals surface area (Å²) >= 11 is 0. The molecule has 0 aliphatic carbocycles. The van der Waals surface area contributed by atoms with E-state index in [1.165, 1.54) is 11.1 Å². The van der Waals surface area contributed by atoms with E-state index < -0.39 is 0 Å². The van der Waals surface area contributed by atoms with Crippen molar-refractivity contribution in [2.45, 2.75) is 32.2 Å². The molecule has 1 aliphatic rings. The number of hydrogen-bond donors (Lipinski definition) is 0. The van der Waals surface area contributed by atoms with Gasteiger partial charge in [0.15, 0.2) is 0 Å². The molecule has 2 nitrogen and oxygen atoms in total. The van der Waals surface area contributed by atoms with Gasteiger partial charge in [-0.25, -0.2) is 0 Å². The Morgan fingerprint density at radius 1 is 1.05 bits per heavy atom. The van der Waals surface area contributed by atoms with E-state index in [0.29, 0.717) is 12.0 Å². The monoisotopic (exact) mass is 279 g/mol. The van der Waals surface area contributed by atoms with Gasteiger partial charge < -0.3 is 4.90 Å². The summed E-state index contributed by atoms with van der Waals surface area (Å²) in [5.41, 5.74) is 3.31. The Kier molecular flexibility index (Phi) is 3.78. The Morgan fingerprint density at radius 2 is 1.71 bits per heavy atom. The first-order valence-corrected chi connectivity index (χ1v) is 7.57. The summed E-state index contributed by atoms with van der Waals surface area (Å²) in [7, 11) is 0. The lowest BCUT2D eigenvalue weighted by Crippen LogP contribution is -2.33. The van der Waals surface area contributed by atoms with Crippen LogP contribution in [0.1, 0.15) is 40.7 Å². The van der Waals surface area contributed by atoms with E-state index in [9.17, 15) is 4.79 Å². The Labute approximate surface area is 126 Å². The number of rotatable bonds is 2. The van der Waals surface area contributed by atoms with Gasteiger partial charge in [0, 0.05) is 24.1 Å². The molecule has 2 aromatic rings. The molecule has 21 heavy (non-hydrogen) atoms. The van der Waals surface area contributed by atoms with Gasteiger partial charge in [0.25, 0.3) is 5.91 Å². The second-order valence-electron chi connectivity index (χ2n) is 6.02. The highest BCUT2D eigenvalue weighted by Crippen LogP contribution is 2.32. The van der Waals surface area contributed by atoms with E-state index in [0.717, 1.165) is 18.5 Å². The number of aryl methyl sites for hydroxylation is 1. The number of carbonyl (C=O) groups is 1. The van der Waals surface area contributed by atoms with Crippen molar-refractivity contribution in [2.75, 3.05) is 6.54 Å². The molecule has 1 fully saturated rings. The third-order valence-corrected chi connectivity index (χ3v) is 4.41. The molecule has 2 aromatic carbocycles. The molecule has 2 atom stereocenters. The molecule has 1 saturated heterocycles. The van der Waals surface area contributed by atoms with Crippen molar-refractivity contribution >= 4 is 5.91 Å². The maximum absolute atomic E-state index is 12.7. The van der Waals surface area contributed by atoms with Crippen LogP contribution in [0.4, 0.5) is 0 Å². The Bertz CT molecular complexity index is 618. The van der Waals surface area contributed by atoms with Crippen molar-refractivity contribution in [3.8, 4) is 0 Å². The molecule has 0 saturated carbocycles. The van der Waals surface area contributed by atoms with E-state index in [2.05, 4.69) is 31.2 Å². The zero-order valence-corrected chi connectivity index (χ0v) is 12.6. The van der Waals surface area contributed by atoms with Crippen LogP contribution in [-0.4, -0.2) is 23.4 Å². The van der Waals surface area contributed by atoms with Crippen LogP contribution in [0, 0.1) is 6.92 Å². The molecule has 0 unspecified atom stereocenters. The predicted molar refractivity (Wildman–Crippen MR) is 85.5 cm³/mol. The zero-order valence-electron chi connectivity index (χ0n) is 12.6. The molecular formula is C19H21NO. The molecule has 0 aromatic heterocycles. The summed E-state index contributed by atoms with van der Waals surface area (Å²) in [4.78, 5) is 14.7. The number of carbonyl (C=O) groups excluding carboxylic acids is 1. The first-order valence-electron chi connectivity index (χ1n) is 7.57. The maximum Gasteiger partial charge on any atom is 0.254 e. The molecule has 2 heteroatoms. The van der Waals surface area contributed by atoms with Gasteiger partial charge in [0.2, 0.25) is 0 Å². The Morgan fingerprint density at radius 3 is 2.38 bits per heavy atom. The molecule has 0 N–H and O–H groups in total. The summed E-state index contributed by atoms with van der Waals surface area (Å²) in [6.07, 6.45) is 1.04. The van der Waals surface area contributed by atoms with Crippen molar-refractivity contribution in [3.63, 3.8) is 0 Å². The average Bonchev–Trinajstić information content (AvgIpc) is 2.90. The van der Waals surface area contributed by atoms with Gasteiger partial charge in [0.05, 0.1) is 0 Å². The zero-order chi connectivity index (χ0) is 14.8. The summed E-state index contributed by atoms with van der Waals surface area (Å²) in [6.45, 7) is 5.01. The van der Waals surface area contributed by atoms with E-state index in [1.807, 2.05) is 42.2 Å². The highest BCUT2D eigenvalue weighted by Gasteiger charge is 2.33. The molecule has 108 valence electrons. The molecule has 1 heterocycles. The van der Waals surface area contributed by atoms with Gasteiger partial charge in [-0.2, -0.15) is 0 Å². The molecule has 0 radical (unpaired) electrons. The van der Waals surface area contributed by atoms with Gasteiger partial charge in [-0.3, -0.25) is 4.79 Å². The van der Waals surface area contributed by atoms with Crippen molar-refractivity contribution < 1.29 is 4.79 Å². The molecule has 1 aliphatic heterocycles. The molecule has 0 spiro atoms. The summed E-state index contributed by atoms with van der Waals surface area (Å²) < 4.78 is 0. The average molecular weight is 279 g/mol. The second kappa shape index (κ2) is 5.72. The van der Waals surface area contributed by atoms with Gasteiger partial charge in [-0.05, 0) is 38.0 Å². The van der Waals surface area contributed by atoms with E-state index >= 15 is 0 Å². The fraction of sp³-hybridized carbons (Fsp3) is 0.316. The standard InChI is InChI=1S/C19H21NO/c1-14-8-10-17(11-9-14)19(21)20-13-18(12-15(20)2)16-6-4-3-5-7-16/h3-11,15,18H,12-13H2,1-2H3/t15-,18+/m0/s1. The quantitative estimate of drug-likeness (QED) is 0.813.